The first kappa shape index (κ1) is 6.68. The Balaban J connectivity index is 2.95. The minimum Gasteiger partial charge on any atom is -0.305 e. The molecule has 0 saturated carbocycles. The van der Waals surface area contributed by atoms with Gasteiger partial charge in [0.15, 0.2) is 0 Å². The summed E-state index contributed by atoms with van der Waals surface area (Å²) in [6, 6.07) is 8.76. The van der Waals surface area contributed by atoms with Gasteiger partial charge in [0.1, 0.15) is 0 Å². The quantitative estimate of drug-likeness (QED) is 0.482. The molecule has 0 aliphatic carbocycles. The summed E-state index contributed by atoms with van der Waals surface area (Å²) in [4.78, 5) is 10.8. The molecule has 2 heteroatoms. The van der Waals surface area contributed by atoms with Gasteiger partial charge in [-0.15, -0.1) is 0 Å². The Morgan fingerprint density at radius 2 is 1.90 bits per heavy atom. The highest BCUT2D eigenvalue weighted by molar-refractivity contribution is 6.34. The Morgan fingerprint density at radius 1 is 1.30 bits per heavy atom. The number of carbonyl (C=O) groups excluding carboxylic acids is 1. The molecule has 0 radical (unpaired) electrons. The van der Waals surface area contributed by atoms with Crippen LogP contribution in [0.15, 0.2) is 30.3 Å². The molecule has 2 nitrogen and oxygen atoms in total. The average Bonchev–Trinajstić information content (AvgIpc) is 2.05. The zero-order valence-corrected chi connectivity index (χ0v) is 5.37. The Kier molecular flexibility index (Phi) is 1.95. The fourth-order valence-corrected chi connectivity index (χ4v) is 0.686. The number of nitrogens with one attached hydrogen (secondary N) is 1. The molecule has 0 spiro atoms. The van der Waals surface area contributed by atoms with Crippen LogP contribution < -0.4 is 0 Å². The third-order valence-electron chi connectivity index (χ3n) is 1.19. The van der Waals surface area contributed by atoms with Crippen molar-refractivity contribution in [3.05, 3.63) is 35.9 Å². The molecule has 0 aromatic heterocycles. The minimum atomic E-state index is -0.249. The van der Waals surface area contributed by atoms with Crippen molar-refractivity contribution in [3.63, 3.8) is 0 Å². The van der Waals surface area contributed by atoms with Crippen molar-refractivity contribution < 1.29 is 4.79 Å². The summed E-state index contributed by atoms with van der Waals surface area (Å²) in [7, 11) is 0. The van der Waals surface area contributed by atoms with E-state index in [1.54, 1.807) is 24.3 Å². The zero-order chi connectivity index (χ0) is 7.40. The number of ketones is 1. The Bertz CT molecular complexity index is 241. The Hall–Kier alpha value is -1.44. The number of Topliss-reactive ketones (excluding diaryl/α,β-unsaturated/α-hetero) is 1. The van der Waals surface area contributed by atoms with Crippen molar-refractivity contribution in [2.24, 2.45) is 0 Å². The largest absolute Gasteiger partial charge is 0.305 e. The van der Waals surface area contributed by atoms with Crippen molar-refractivity contribution in [3.8, 4) is 0 Å². The highest BCUT2D eigenvalue weighted by atomic mass is 16.1. The molecule has 0 unspecified atom stereocenters. The fourth-order valence-electron chi connectivity index (χ4n) is 0.686. The van der Waals surface area contributed by atoms with Crippen LogP contribution in [0.3, 0.4) is 0 Å². The number of carbonyl (C=O) groups is 1. The van der Waals surface area contributed by atoms with Crippen LogP contribution in [0.2, 0.25) is 0 Å². The van der Waals surface area contributed by atoms with Crippen LogP contribution in [0.4, 0.5) is 0 Å². The lowest BCUT2D eigenvalue weighted by Crippen LogP contribution is -1.97. The Labute approximate surface area is 59.0 Å². The van der Waals surface area contributed by atoms with Crippen LogP contribution >= 0.6 is 0 Å². The molecule has 0 saturated heterocycles. The van der Waals surface area contributed by atoms with Crippen molar-refractivity contribution in [1.29, 1.82) is 5.41 Å². The smallest absolute Gasteiger partial charge is 0.203 e. The van der Waals surface area contributed by atoms with E-state index in [9.17, 15) is 4.79 Å². The van der Waals surface area contributed by atoms with Crippen LogP contribution in [0, 0.1) is 5.41 Å². The van der Waals surface area contributed by atoms with Crippen molar-refractivity contribution in [2.75, 3.05) is 0 Å². The van der Waals surface area contributed by atoms with Crippen LogP contribution in [0.5, 0.6) is 0 Å². The molecule has 50 valence electrons. The number of benzene rings is 1. The zero-order valence-electron chi connectivity index (χ0n) is 5.37. The summed E-state index contributed by atoms with van der Waals surface area (Å²) < 4.78 is 0. The SMILES string of the molecule is N=CC(=O)c1ccccc1. The minimum absolute atomic E-state index is 0.249. The van der Waals surface area contributed by atoms with Crippen LogP contribution in [-0.4, -0.2) is 12.0 Å². The summed E-state index contributed by atoms with van der Waals surface area (Å²) >= 11 is 0. The number of rotatable bonds is 2. The molecular weight excluding hydrogens is 126 g/mol. The monoisotopic (exact) mass is 133 g/mol. The second kappa shape index (κ2) is 2.92. The normalized spacial score (nSPS) is 8.80. The van der Waals surface area contributed by atoms with Gasteiger partial charge in [0.25, 0.3) is 0 Å². The lowest BCUT2D eigenvalue weighted by Gasteiger charge is -1.89. The number of hydrogen-bond acceptors (Lipinski definition) is 2. The third-order valence-corrected chi connectivity index (χ3v) is 1.19. The molecule has 0 bridgehead atoms. The van der Waals surface area contributed by atoms with E-state index in [0.717, 1.165) is 6.21 Å². The van der Waals surface area contributed by atoms with Gasteiger partial charge in [0.05, 0.1) is 6.21 Å². The van der Waals surface area contributed by atoms with E-state index in [2.05, 4.69) is 0 Å². The second-order valence-electron chi connectivity index (χ2n) is 1.87. The van der Waals surface area contributed by atoms with Gasteiger partial charge in [0, 0.05) is 5.56 Å². The first-order valence-electron chi connectivity index (χ1n) is 2.94. The molecule has 0 amide bonds. The molecule has 0 aliphatic rings. The summed E-state index contributed by atoms with van der Waals surface area (Å²) in [6.07, 6.45) is 0.815. The first-order valence-corrected chi connectivity index (χ1v) is 2.94. The Morgan fingerprint density at radius 3 is 2.40 bits per heavy atom. The lowest BCUT2D eigenvalue weighted by atomic mass is 10.1. The predicted octanol–water partition coefficient (Wildman–Crippen LogP) is 1.52. The van der Waals surface area contributed by atoms with E-state index in [0.29, 0.717) is 5.56 Å². The molecule has 1 rings (SSSR count). The molecule has 10 heavy (non-hydrogen) atoms. The number of hydrogen-bond donors (Lipinski definition) is 1. The van der Waals surface area contributed by atoms with Gasteiger partial charge in [-0.05, 0) is 0 Å². The molecule has 1 aromatic rings. The fraction of sp³-hybridized carbons (Fsp3) is 0. The summed E-state index contributed by atoms with van der Waals surface area (Å²) in [6.45, 7) is 0. The molecular formula is C8H7NO. The van der Waals surface area contributed by atoms with E-state index in [-0.39, 0.29) is 5.78 Å². The maximum Gasteiger partial charge on any atom is 0.203 e. The van der Waals surface area contributed by atoms with Gasteiger partial charge >= 0.3 is 0 Å². The maximum atomic E-state index is 10.8. The predicted molar refractivity (Wildman–Crippen MR) is 39.6 cm³/mol. The van der Waals surface area contributed by atoms with Crippen LogP contribution in [0.1, 0.15) is 10.4 Å². The molecule has 1 N–H and O–H groups in total. The van der Waals surface area contributed by atoms with E-state index >= 15 is 0 Å². The first-order chi connectivity index (χ1) is 4.84. The van der Waals surface area contributed by atoms with Gasteiger partial charge in [0.2, 0.25) is 5.78 Å². The molecule has 1 aromatic carbocycles. The van der Waals surface area contributed by atoms with E-state index < -0.39 is 0 Å². The topological polar surface area (TPSA) is 40.9 Å². The molecule has 0 atom stereocenters. The van der Waals surface area contributed by atoms with Gasteiger partial charge < -0.3 is 5.41 Å². The molecule has 0 fully saturated rings. The van der Waals surface area contributed by atoms with E-state index in [4.69, 9.17) is 5.41 Å². The van der Waals surface area contributed by atoms with Crippen molar-refractivity contribution in [1.82, 2.24) is 0 Å². The highest BCUT2D eigenvalue weighted by Crippen LogP contribution is 1.96. The maximum absolute atomic E-state index is 10.8. The summed E-state index contributed by atoms with van der Waals surface area (Å²) in [5.74, 6) is -0.249. The van der Waals surface area contributed by atoms with Crippen molar-refractivity contribution in [2.45, 2.75) is 0 Å². The molecule has 0 heterocycles. The summed E-state index contributed by atoms with van der Waals surface area (Å²) in [5.41, 5.74) is 0.567. The van der Waals surface area contributed by atoms with Crippen LogP contribution in [-0.2, 0) is 0 Å². The highest BCUT2D eigenvalue weighted by Gasteiger charge is 1.97. The molecule has 0 aliphatic heterocycles. The van der Waals surface area contributed by atoms with Crippen molar-refractivity contribution >= 4 is 12.0 Å². The third kappa shape index (κ3) is 1.29. The average molecular weight is 133 g/mol. The van der Waals surface area contributed by atoms with Crippen LogP contribution in [0.25, 0.3) is 0 Å². The van der Waals surface area contributed by atoms with Gasteiger partial charge in [-0.1, -0.05) is 30.3 Å². The van der Waals surface area contributed by atoms with Gasteiger partial charge in [-0.2, -0.15) is 0 Å². The van der Waals surface area contributed by atoms with E-state index in [1.807, 2.05) is 6.07 Å². The summed E-state index contributed by atoms with van der Waals surface area (Å²) in [5, 5.41) is 6.67. The van der Waals surface area contributed by atoms with Gasteiger partial charge in [-0.25, -0.2) is 0 Å². The second-order valence-corrected chi connectivity index (χ2v) is 1.87. The lowest BCUT2D eigenvalue weighted by molar-refractivity contribution is 0.107. The van der Waals surface area contributed by atoms with E-state index in [1.165, 1.54) is 0 Å². The van der Waals surface area contributed by atoms with Gasteiger partial charge in [-0.3, -0.25) is 4.79 Å². The standard InChI is InChI=1S/C8H7NO/c9-6-8(10)7-4-2-1-3-5-7/h1-6,9H.